The standard InChI is InChI=1S/C17H15FN2O3S2/c1-10-3-5-13(7-11(10)2)20-15(9-24-17(20)21)12-4-6-16(14(18)8-12)25(19,22)23/h3-9H,1-2H3,(H2,19,22,23). The molecule has 0 saturated heterocycles. The van der Waals surface area contributed by atoms with Gasteiger partial charge in [0.05, 0.1) is 11.4 Å². The molecule has 1 aromatic heterocycles. The molecule has 0 spiro atoms. The molecule has 0 atom stereocenters. The van der Waals surface area contributed by atoms with E-state index >= 15 is 0 Å². The van der Waals surface area contributed by atoms with Crippen LogP contribution >= 0.6 is 11.3 Å². The molecule has 0 amide bonds. The van der Waals surface area contributed by atoms with Crippen LogP contribution in [0.3, 0.4) is 0 Å². The van der Waals surface area contributed by atoms with Crippen molar-refractivity contribution in [2.75, 3.05) is 0 Å². The SMILES string of the molecule is Cc1ccc(-n2c(-c3ccc(S(N)(=O)=O)c(F)c3)csc2=O)cc1C. The summed E-state index contributed by atoms with van der Waals surface area (Å²) in [6, 6.07) is 9.20. The quantitative estimate of drug-likeness (QED) is 0.761. The second-order valence-corrected chi connectivity index (χ2v) is 8.03. The highest BCUT2D eigenvalue weighted by atomic mass is 32.2. The summed E-state index contributed by atoms with van der Waals surface area (Å²) >= 11 is 0.988. The number of hydrogen-bond acceptors (Lipinski definition) is 4. The smallest absolute Gasteiger partial charge is 0.267 e. The van der Waals surface area contributed by atoms with Crippen molar-refractivity contribution >= 4 is 21.4 Å². The Morgan fingerprint density at radius 1 is 1.08 bits per heavy atom. The van der Waals surface area contributed by atoms with Crippen LogP contribution in [0.4, 0.5) is 4.39 Å². The first-order valence-corrected chi connectivity index (χ1v) is 9.72. The Morgan fingerprint density at radius 2 is 1.80 bits per heavy atom. The van der Waals surface area contributed by atoms with Crippen LogP contribution in [0.2, 0.25) is 0 Å². The van der Waals surface area contributed by atoms with Gasteiger partial charge in [-0.2, -0.15) is 0 Å². The predicted octanol–water partition coefficient (Wildman–Crippen LogP) is 2.97. The van der Waals surface area contributed by atoms with E-state index in [-0.39, 0.29) is 4.87 Å². The van der Waals surface area contributed by atoms with Crippen LogP contribution in [-0.4, -0.2) is 13.0 Å². The lowest BCUT2D eigenvalue weighted by Gasteiger charge is -2.11. The third kappa shape index (κ3) is 3.28. The Morgan fingerprint density at radius 3 is 2.40 bits per heavy atom. The number of primary sulfonamides is 1. The average Bonchev–Trinajstić information content (AvgIpc) is 2.90. The maximum absolute atomic E-state index is 14.1. The molecule has 2 aromatic carbocycles. The Bertz CT molecular complexity index is 1130. The molecule has 0 aliphatic heterocycles. The van der Waals surface area contributed by atoms with E-state index < -0.39 is 20.7 Å². The molecule has 0 aliphatic carbocycles. The van der Waals surface area contributed by atoms with Crippen LogP contribution in [0.5, 0.6) is 0 Å². The van der Waals surface area contributed by atoms with E-state index in [9.17, 15) is 17.6 Å². The highest BCUT2D eigenvalue weighted by Crippen LogP contribution is 2.27. The minimum Gasteiger partial charge on any atom is -0.267 e. The molecule has 0 fully saturated rings. The van der Waals surface area contributed by atoms with Gasteiger partial charge in [0.15, 0.2) is 0 Å². The molecule has 0 radical (unpaired) electrons. The zero-order chi connectivity index (χ0) is 18.4. The summed E-state index contributed by atoms with van der Waals surface area (Å²) < 4.78 is 38.3. The van der Waals surface area contributed by atoms with Gasteiger partial charge < -0.3 is 0 Å². The van der Waals surface area contributed by atoms with Crippen molar-refractivity contribution in [2.45, 2.75) is 18.7 Å². The van der Waals surface area contributed by atoms with E-state index in [0.29, 0.717) is 16.9 Å². The first-order valence-electron chi connectivity index (χ1n) is 7.29. The zero-order valence-corrected chi connectivity index (χ0v) is 15.1. The Balaban J connectivity index is 2.19. The summed E-state index contributed by atoms with van der Waals surface area (Å²) in [5, 5.41) is 6.60. The molecule has 1 heterocycles. The lowest BCUT2D eigenvalue weighted by molar-refractivity contribution is 0.568. The lowest BCUT2D eigenvalue weighted by atomic mass is 10.1. The fourth-order valence-electron chi connectivity index (χ4n) is 2.51. The number of sulfonamides is 1. The molecule has 0 unspecified atom stereocenters. The fourth-order valence-corrected chi connectivity index (χ4v) is 3.86. The maximum Gasteiger partial charge on any atom is 0.312 e. The maximum atomic E-state index is 14.1. The van der Waals surface area contributed by atoms with Gasteiger partial charge >= 0.3 is 4.87 Å². The highest BCUT2D eigenvalue weighted by Gasteiger charge is 2.17. The van der Waals surface area contributed by atoms with E-state index in [1.807, 2.05) is 32.0 Å². The van der Waals surface area contributed by atoms with Gasteiger partial charge in [0.2, 0.25) is 10.0 Å². The van der Waals surface area contributed by atoms with Crippen molar-refractivity contribution in [3.63, 3.8) is 0 Å². The highest BCUT2D eigenvalue weighted by molar-refractivity contribution is 7.89. The molecule has 0 aliphatic rings. The normalized spacial score (nSPS) is 11.7. The molecule has 25 heavy (non-hydrogen) atoms. The number of aromatic nitrogens is 1. The third-order valence-electron chi connectivity index (χ3n) is 3.98. The molecule has 0 bridgehead atoms. The molecule has 8 heteroatoms. The van der Waals surface area contributed by atoms with Crippen molar-refractivity contribution in [1.29, 1.82) is 0 Å². The van der Waals surface area contributed by atoms with E-state index in [0.717, 1.165) is 34.6 Å². The van der Waals surface area contributed by atoms with E-state index in [1.165, 1.54) is 10.6 Å². The van der Waals surface area contributed by atoms with Crippen molar-refractivity contribution in [1.82, 2.24) is 4.57 Å². The zero-order valence-electron chi connectivity index (χ0n) is 13.5. The van der Waals surface area contributed by atoms with Gasteiger partial charge in [-0.1, -0.05) is 23.5 Å². The van der Waals surface area contributed by atoms with E-state index in [4.69, 9.17) is 5.14 Å². The monoisotopic (exact) mass is 378 g/mol. The van der Waals surface area contributed by atoms with Crippen molar-refractivity contribution in [3.05, 3.63) is 68.4 Å². The average molecular weight is 378 g/mol. The first-order chi connectivity index (χ1) is 11.7. The topological polar surface area (TPSA) is 82.2 Å². The molecule has 2 N–H and O–H groups in total. The first kappa shape index (κ1) is 17.5. The molecule has 3 aromatic rings. The van der Waals surface area contributed by atoms with Crippen molar-refractivity contribution in [2.24, 2.45) is 5.14 Å². The molecule has 0 saturated carbocycles. The largest absolute Gasteiger partial charge is 0.312 e. The summed E-state index contributed by atoms with van der Waals surface area (Å²) in [5.41, 5.74) is 3.66. The number of hydrogen-bond donors (Lipinski definition) is 1. The van der Waals surface area contributed by atoms with Gasteiger partial charge in [-0.15, -0.1) is 0 Å². The predicted molar refractivity (Wildman–Crippen MR) is 96.2 cm³/mol. The van der Waals surface area contributed by atoms with Gasteiger partial charge in [-0.25, -0.2) is 17.9 Å². The van der Waals surface area contributed by atoms with Gasteiger partial charge in [0, 0.05) is 10.9 Å². The second kappa shape index (κ2) is 6.21. The molecule has 3 rings (SSSR count). The minimum absolute atomic E-state index is 0.214. The summed E-state index contributed by atoms with van der Waals surface area (Å²) in [4.78, 5) is 11.5. The van der Waals surface area contributed by atoms with E-state index in [1.54, 1.807) is 5.38 Å². The molecule has 5 nitrogen and oxygen atoms in total. The third-order valence-corrected chi connectivity index (χ3v) is 5.65. The van der Waals surface area contributed by atoms with Gasteiger partial charge in [-0.3, -0.25) is 9.36 Å². The summed E-state index contributed by atoms with van der Waals surface area (Å²) in [6.45, 7) is 3.91. The number of rotatable bonds is 3. The van der Waals surface area contributed by atoms with Crippen molar-refractivity contribution in [3.8, 4) is 16.9 Å². The van der Waals surface area contributed by atoms with Crippen LogP contribution in [0.1, 0.15) is 11.1 Å². The number of benzene rings is 2. The lowest BCUT2D eigenvalue weighted by Crippen LogP contribution is -2.14. The number of nitrogens with zero attached hydrogens (tertiary/aromatic N) is 1. The Kier molecular flexibility index (Phi) is 4.36. The Labute approximate surface area is 148 Å². The van der Waals surface area contributed by atoms with Crippen LogP contribution in [0.25, 0.3) is 16.9 Å². The number of nitrogens with two attached hydrogens (primary N) is 1. The minimum atomic E-state index is -4.14. The van der Waals surface area contributed by atoms with Crippen LogP contribution in [-0.2, 0) is 10.0 Å². The number of thiazole rings is 1. The molecular weight excluding hydrogens is 363 g/mol. The van der Waals surface area contributed by atoms with Crippen molar-refractivity contribution < 1.29 is 12.8 Å². The molecular formula is C17H15FN2O3S2. The summed E-state index contributed by atoms with van der Waals surface area (Å²) in [6.07, 6.45) is 0. The number of aryl methyl sites for hydroxylation is 2. The Hall–Kier alpha value is -2.29. The van der Waals surface area contributed by atoms with E-state index in [2.05, 4.69) is 0 Å². The van der Waals surface area contributed by atoms with Gasteiger partial charge in [-0.05, 0) is 49.2 Å². The fraction of sp³-hybridized carbons (Fsp3) is 0.118. The number of halogens is 1. The summed E-state index contributed by atoms with van der Waals surface area (Å²) in [5.74, 6) is -0.953. The molecule has 130 valence electrons. The van der Waals surface area contributed by atoms with Gasteiger partial charge in [0.1, 0.15) is 10.7 Å². The van der Waals surface area contributed by atoms with Crippen LogP contribution in [0, 0.1) is 19.7 Å². The van der Waals surface area contributed by atoms with Crippen LogP contribution in [0.15, 0.2) is 51.5 Å². The summed E-state index contributed by atoms with van der Waals surface area (Å²) in [7, 11) is -4.14. The van der Waals surface area contributed by atoms with Gasteiger partial charge in [0.25, 0.3) is 0 Å². The second-order valence-electron chi connectivity index (χ2n) is 5.68. The van der Waals surface area contributed by atoms with Crippen LogP contribution < -0.4 is 10.0 Å².